The van der Waals surface area contributed by atoms with Crippen LogP contribution in [0.1, 0.15) is 5.69 Å². The lowest BCUT2D eigenvalue weighted by Crippen LogP contribution is -2.42. The number of carboxylic acids is 1. The molecule has 0 atom stereocenters. The van der Waals surface area contributed by atoms with E-state index in [-0.39, 0.29) is 5.69 Å². The summed E-state index contributed by atoms with van der Waals surface area (Å²) in [4.78, 5) is 23.5. The smallest absolute Gasteiger partial charge is 0.371 e. The van der Waals surface area contributed by atoms with E-state index in [1.807, 2.05) is 0 Å². The van der Waals surface area contributed by atoms with Crippen LogP contribution in [-0.2, 0) is 10.6 Å². The van der Waals surface area contributed by atoms with Crippen molar-refractivity contribution in [3.8, 4) is 11.4 Å². The van der Waals surface area contributed by atoms with E-state index in [2.05, 4.69) is 5.10 Å². The summed E-state index contributed by atoms with van der Waals surface area (Å²) < 4.78 is 61.5. The molecule has 29 heavy (non-hydrogen) atoms. The van der Waals surface area contributed by atoms with Crippen molar-refractivity contribution < 1.29 is 42.4 Å². The summed E-state index contributed by atoms with van der Waals surface area (Å²) >= 11 is 0. The molecule has 3 N–H and O–H groups in total. The lowest BCUT2D eigenvalue weighted by molar-refractivity contribution is -0.210. The van der Waals surface area contributed by atoms with E-state index in [0.717, 1.165) is 0 Å². The van der Waals surface area contributed by atoms with Gasteiger partial charge in [-0.1, -0.05) is 0 Å². The predicted octanol–water partition coefficient (Wildman–Crippen LogP) is 1.17. The summed E-state index contributed by atoms with van der Waals surface area (Å²) in [7, 11) is 1.33. The topological polar surface area (TPSA) is 122 Å². The molecule has 0 fully saturated rings. The Morgan fingerprint density at radius 1 is 1.03 bits per heavy atom. The molecule has 0 aliphatic heterocycles. The van der Waals surface area contributed by atoms with Crippen LogP contribution in [0, 0.1) is 23.3 Å². The Bertz CT molecular complexity index is 1210. The lowest BCUT2D eigenvalue weighted by Gasteiger charge is -2.19. The number of methoxy groups -OCH3 is 1. The third-order valence-electron chi connectivity index (χ3n) is 4.04. The standard InChI is InChI=1S/C17H10F4N2O6/c1-29-7-4-2-6(3-5-7)23-13-8(9(18)10(19)11(20)12(13)21)14(24)15(22-23)17(27,28)16(25)26/h2-5,27-28H,1H3,(H,25,26). The Labute approximate surface area is 157 Å². The number of ether oxygens (including phenoxy) is 1. The van der Waals surface area contributed by atoms with E-state index >= 15 is 0 Å². The van der Waals surface area contributed by atoms with Gasteiger partial charge in [0.2, 0.25) is 5.43 Å². The summed E-state index contributed by atoms with van der Waals surface area (Å²) in [6.45, 7) is 0. The van der Waals surface area contributed by atoms with Gasteiger partial charge in [0.25, 0.3) is 0 Å². The first kappa shape index (κ1) is 20.2. The van der Waals surface area contributed by atoms with E-state index in [0.29, 0.717) is 10.4 Å². The minimum atomic E-state index is -3.94. The molecule has 3 rings (SSSR count). The molecule has 12 heteroatoms. The van der Waals surface area contributed by atoms with Gasteiger partial charge in [0.15, 0.2) is 29.0 Å². The molecule has 152 valence electrons. The van der Waals surface area contributed by atoms with E-state index < -0.39 is 57.1 Å². The van der Waals surface area contributed by atoms with Crippen molar-refractivity contribution in [1.29, 1.82) is 0 Å². The lowest BCUT2D eigenvalue weighted by atomic mass is 10.1. The average molecular weight is 414 g/mol. The van der Waals surface area contributed by atoms with Crippen LogP contribution in [0.15, 0.2) is 29.1 Å². The van der Waals surface area contributed by atoms with Gasteiger partial charge in [-0.25, -0.2) is 27.0 Å². The molecular weight excluding hydrogens is 404 g/mol. The van der Waals surface area contributed by atoms with Crippen LogP contribution in [0.3, 0.4) is 0 Å². The molecule has 2 aromatic carbocycles. The number of aliphatic carboxylic acids is 1. The number of carboxylic acid groups (broad SMARTS) is 1. The van der Waals surface area contributed by atoms with Gasteiger partial charge in [-0.15, -0.1) is 0 Å². The minimum absolute atomic E-state index is 0.192. The first-order valence-electron chi connectivity index (χ1n) is 7.64. The molecule has 0 aliphatic rings. The molecule has 0 unspecified atom stereocenters. The summed E-state index contributed by atoms with van der Waals surface area (Å²) in [6.07, 6.45) is 0. The summed E-state index contributed by atoms with van der Waals surface area (Å²) in [5, 5.41) is 30.3. The van der Waals surface area contributed by atoms with Crippen molar-refractivity contribution in [3.05, 3.63) is 63.5 Å². The first-order chi connectivity index (χ1) is 13.5. The first-order valence-corrected chi connectivity index (χ1v) is 7.64. The van der Waals surface area contributed by atoms with Gasteiger partial charge >= 0.3 is 11.8 Å². The number of aliphatic hydroxyl groups is 2. The average Bonchev–Trinajstić information content (AvgIpc) is 2.70. The monoisotopic (exact) mass is 414 g/mol. The number of benzene rings is 2. The Balaban J connectivity index is 2.56. The fraction of sp³-hybridized carbons (Fsp3) is 0.118. The van der Waals surface area contributed by atoms with Crippen LogP contribution in [-0.4, -0.2) is 38.2 Å². The highest BCUT2D eigenvalue weighted by Gasteiger charge is 2.42. The third-order valence-corrected chi connectivity index (χ3v) is 4.04. The zero-order valence-corrected chi connectivity index (χ0v) is 14.3. The van der Waals surface area contributed by atoms with Crippen LogP contribution in [0.5, 0.6) is 5.75 Å². The van der Waals surface area contributed by atoms with E-state index in [9.17, 15) is 37.4 Å². The van der Waals surface area contributed by atoms with Gasteiger partial charge in [-0.2, -0.15) is 5.10 Å². The molecule has 1 aromatic heterocycles. The molecular formula is C17H10F4N2O6. The minimum Gasteiger partial charge on any atom is -0.497 e. The summed E-state index contributed by atoms with van der Waals surface area (Å²) in [5.41, 5.74) is -4.80. The van der Waals surface area contributed by atoms with Gasteiger partial charge < -0.3 is 20.1 Å². The molecule has 1 heterocycles. The number of rotatable bonds is 4. The SMILES string of the molecule is COc1ccc(-n2nc(C(O)(O)C(=O)O)c(=O)c3c(F)c(F)c(F)c(F)c32)cc1. The molecule has 0 amide bonds. The van der Waals surface area contributed by atoms with Crippen molar-refractivity contribution in [3.63, 3.8) is 0 Å². The van der Waals surface area contributed by atoms with E-state index in [1.54, 1.807) is 0 Å². The zero-order chi connectivity index (χ0) is 21.7. The maximum Gasteiger partial charge on any atom is 0.371 e. The summed E-state index contributed by atoms with van der Waals surface area (Å²) in [5.74, 6) is -14.8. The highest BCUT2D eigenvalue weighted by atomic mass is 19.2. The Hall–Kier alpha value is -3.51. The largest absolute Gasteiger partial charge is 0.497 e. The van der Waals surface area contributed by atoms with Crippen LogP contribution in [0.25, 0.3) is 16.6 Å². The van der Waals surface area contributed by atoms with E-state index in [1.165, 1.54) is 31.4 Å². The number of hydrogen-bond acceptors (Lipinski definition) is 6. The van der Waals surface area contributed by atoms with E-state index in [4.69, 9.17) is 9.84 Å². The molecule has 8 nitrogen and oxygen atoms in total. The molecule has 0 radical (unpaired) electrons. The zero-order valence-electron chi connectivity index (χ0n) is 14.3. The van der Waals surface area contributed by atoms with Gasteiger partial charge in [0.05, 0.1) is 18.2 Å². The second-order valence-corrected chi connectivity index (χ2v) is 5.74. The van der Waals surface area contributed by atoms with Crippen molar-refractivity contribution in [2.45, 2.75) is 5.79 Å². The molecule has 0 saturated heterocycles. The van der Waals surface area contributed by atoms with Crippen LogP contribution in [0.2, 0.25) is 0 Å². The normalized spacial score (nSPS) is 11.7. The molecule has 0 spiro atoms. The van der Waals surface area contributed by atoms with Crippen LogP contribution < -0.4 is 10.2 Å². The maximum absolute atomic E-state index is 14.5. The van der Waals surface area contributed by atoms with Crippen LogP contribution >= 0.6 is 0 Å². The molecule has 0 bridgehead atoms. The van der Waals surface area contributed by atoms with Crippen molar-refractivity contribution in [2.75, 3.05) is 7.11 Å². The number of hydrogen-bond donors (Lipinski definition) is 3. The quantitative estimate of drug-likeness (QED) is 0.254. The predicted molar refractivity (Wildman–Crippen MR) is 87.5 cm³/mol. The Morgan fingerprint density at radius 2 is 1.59 bits per heavy atom. The second-order valence-electron chi connectivity index (χ2n) is 5.74. The van der Waals surface area contributed by atoms with Gasteiger partial charge in [-0.05, 0) is 24.3 Å². The highest BCUT2D eigenvalue weighted by molar-refractivity contribution is 5.84. The van der Waals surface area contributed by atoms with Crippen LogP contribution in [0.4, 0.5) is 17.6 Å². The fourth-order valence-corrected chi connectivity index (χ4v) is 2.58. The van der Waals surface area contributed by atoms with Gasteiger partial charge in [0, 0.05) is 0 Å². The number of nitrogens with zero attached hydrogens (tertiary/aromatic N) is 2. The van der Waals surface area contributed by atoms with Crippen molar-refractivity contribution in [1.82, 2.24) is 9.78 Å². The highest BCUT2D eigenvalue weighted by Crippen LogP contribution is 2.28. The maximum atomic E-state index is 14.5. The molecule has 0 saturated carbocycles. The Kier molecular flexibility index (Phi) is 4.76. The van der Waals surface area contributed by atoms with Gasteiger partial charge in [-0.3, -0.25) is 4.79 Å². The van der Waals surface area contributed by atoms with Gasteiger partial charge in [0.1, 0.15) is 11.3 Å². The number of carbonyl (C=O) groups is 1. The summed E-state index contributed by atoms with van der Waals surface area (Å²) in [6, 6.07) is 4.96. The molecule has 3 aromatic rings. The number of halogens is 4. The Morgan fingerprint density at radius 3 is 2.10 bits per heavy atom. The fourth-order valence-electron chi connectivity index (χ4n) is 2.58. The molecule has 0 aliphatic carbocycles. The van der Waals surface area contributed by atoms with Crippen molar-refractivity contribution >= 4 is 16.9 Å². The third kappa shape index (κ3) is 2.98. The second kappa shape index (κ2) is 6.83. The van der Waals surface area contributed by atoms with Crippen molar-refractivity contribution in [2.24, 2.45) is 0 Å². The number of aromatic nitrogens is 2. The number of fused-ring (bicyclic) bond motifs is 1.